The average Bonchev–Trinajstić information content (AvgIpc) is 2.73. The Labute approximate surface area is 88.7 Å². The van der Waals surface area contributed by atoms with Crippen LogP contribution in [0.2, 0.25) is 0 Å². The van der Waals surface area contributed by atoms with Crippen LogP contribution < -0.4 is 5.32 Å². The molecule has 1 N–H and O–H groups in total. The van der Waals surface area contributed by atoms with Crippen LogP contribution in [0.4, 0.5) is 0 Å². The van der Waals surface area contributed by atoms with Gasteiger partial charge in [0.05, 0.1) is 6.04 Å². The first-order valence-electron chi connectivity index (χ1n) is 5.47. The normalized spacial score (nSPS) is 29.4. The quantitative estimate of drug-likeness (QED) is 0.808. The van der Waals surface area contributed by atoms with E-state index >= 15 is 0 Å². The van der Waals surface area contributed by atoms with E-state index in [1.54, 1.807) is 0 Å². The monoisotopic (exact) mass is 208 g/mol. The van der Waals surface area contributed by atoms with Gasteiger partial charge in [-0.25, -0.2) is 4.98 Å². The van der Waals surface area contributed by atoms with Crippen LogP contribution in [-0.4, -0.2) is 11.5 Å². The Hall–Kier alpha value is -0.410. The molecule has 2 heterocycles. The Morgan fingerprint density at radius 3 is 3.07 bits per heavy atom. The second-order valence-electron chi connectivity index (χ2n) is 4.77. The maximum atomic E-state index is 4.56. The van der Waals surface area contributed by atoms with Crippen molar-refractivity contribution in [2.45, 2.75) is 44.1 Å². The Morgan fingerprint density at radius 1 is 1.57 bits per heavy atom. The summed E-state index contributed by atoms with van der Waals surface area (Å²) < 4.78 is 0. The van der Waals surface area contributed by atoms with Crippen LogP contribution in [0.25, 0.3) is 0 Å². The van der Waals surface area contributed by atoms with Gasteiger partial charge in [0.15, 0.2) is 0 Å². The van der Waals surface area contributed by atoms with E-state index in [0.29, 0.717) is 11.5 Å². The molecule has 1 saturated carbocycles. The third-order valence-electron chi connectivity index (χ3n) is 3.48. The molecule has 0 radical (unpaired) electrons. The molecule has 76 valence electrons. The summed E-state index contributed by atoms with van der Waals surface area (Å²) in [6, 6.07) is 0.552. The summed E-state index contributed by atoms with van der Waals surface area (Å²) in [4.78, 5) is 6.06. The van der Waals surface area contributed by atoms with Crippen molar-refractivity contribution < 1.29 is 0 Å². The molecule has 1 atom stereocenters. The van der Waals surface area contributed by atoms with Crippen molar-refractivity contribution in [1.29, 1.82) is 0 Å². The molecule has 1 aromatic heterocycles. The molecule has 0 spiro atoms. The molecule has 0 aromatic carbocycles. The summed E-state index contributed by atoms with van der Waals surface area (Å²) in [5, 5.41) is 4.82. The zero-order valence-corrected chi connectivity index (χ0v) is 9.36. The van der Waals surface area contributed by atoms with Crippen LogP contribution in [-0.2, 0) is 5.41 Å². The van der Waals surface area contributed by atoms with Gasteiger partial charge in [0.25, 0.3) is 0 Å². The molecule has 2 nitrogen and oxygen atoms in total. The van der Waals surface area contributed by atoms with Crippen LogP contribution in [0.5, 0.6) is 0 Å². The number of thiazole rings is 1. The highest BCUT2D eigenvalue weighted by Gasteiger charge is 2.41. The lowest BCUT2D eigenvalue weighted by Gasteiger charge is -2.05. The van der Waals surface area contributed by atoms with Crippen molar-refractivity contribution in [2.75, 3.05) is 6.54 Å². The SMILES string of the molecule is CC1(c2cnc(C3CCCN3)s2)CC1. The van der Waals surface area contributed by atoms with Gasteiger partial charge in [0.1, 0.15) is 5.01 Å². The van der Waals surface area contributed by atoms with Crippen molar-refractivity contribution in [2.24, 2.45) is 0 Å². The van der Waals surface area contributed by atoms with E-state index in [1.165, 1.54) is 35.6 Å². The largest absolute Gasteiger partial charge is 0.308 e. The molecule has 14 heavy (non-hydrogen) atoms. The molecule has 0 amide bonds. The lowest BCUT2D eigenvalue weighted by molar-refractivity contribution is 0.643. The number of nitrogens with one attached hydrogen (secondary N) is 1. The summed E-state index contributed by atoms with van der Waals surface area (Å²) in [5.41, 5.74) is 0.495. The molecule has 3 heteroatoms. The Balaban J connectivity index is 1.82. The molecular formula is C11H16N2S. The number of aromatic nitrogens is 1. The Bertz CT molecular complexity index is 335. The molecule has 1 aliphatic carbocycles. The van der Waals surface area contributed by atoms with Crippen LogP contribution in [0.3, 0.4) is 0 Å². The molecule has 1 unspecified atom stereocenters. The number of hydrogen-bond donors (Lipinski definition) is 1. The lowest BCUT2D eigenvalue weighted by atomic mass is 10.1. The Kier molecular flexibility index (Phi) is 1.92. The van der Waals surface area contributed by atoms with E-state index in [4.69, 9.17) is 0 Å². The number of nitrogens with zero attached hydrogens (tertiary/aromatic N) is 1. The van der Waals surface area contributed by atoms with E-state index in [0.717, 1.165) is 6.54 Å². The summed E-state index contributed by atoms with van der Waals surface area (Å²) in [6.45, 7) is 3.52. The van der Waals surface area contributed by atoms with Crippen molar-refractivity contribution >= 4 is 11.3 Å². The van der Waals surface area contributed by atoms with Gasteiger partial charge in [-0.05, 0) is 32.2 Å². The third-order valence-corrected chi connectivity index (χ3v) is 4.89. The average molecular weight is 208 g/mol. The standard InChI is InChI=1S/C11H16N2S/c1-11(4-5-11)9-7-13-10(14-9)8-3-2-6-12-8/h7-8,12H,2-6H2,1H3. The van der Waals surface area contributed by atoms with Crippen molar-refractivity contribution in [3.63, 3.8) is 0 Å². The van der Waals surface area contributed by atoms with Gasteiger partial charge < -0.3 is 5.32 Å². The molecule has 1 saturated heterocycles. The van der Waals surface area contributed by atoms with E-state index in [-0.39, 0.29) is 0 Å². The maximum Gasteiger partial charge on any atom is 0.110 e. The summed E-state index contributed by atoms with van der Waals surface area (Å²) in [7, 11) is 0. The van der Waals surface area contributed by atoms with Gasteiger partial charge in [-0.2, -0.15) is 0 Å². The van der Waals surface area contributed by atoms with Crippen LogP contribution in [0.15, 0.2) is 6.20 Å². The van der Waals surface area contributed by atoms with Crippen molar-refractivity contribution in [3.8, 4) is 0 Å². The first kappa shape index (κ1) is 8.86. The first-order chi connectivity index (χ1) is 6.78. The highest BCUT2D eigenvalue weighted by atomic mass is 32.1. The topological polar surface area (TPSA) is 24.9 Å². The fraction of sp³-hybridized carbons (Fsp3) is 0.727. The first-order valence-corrected chi connectivity index (χ1v) is 6.29. The van der Waals surface area contributed by atoms with E-state index < -0.39 is 0 Å². The fourth-order valence-electron chi connectivity index (χ4n) is 2.06. The highest BCUT2D eigenvalue weighted by Crippen LogP contribution is 2.50. The minimum atomic E-state index is 0.495. The molecule has 1 aromatic rings. The zero-order valence-electron chi connectivity index (χ0n) is 8.55. The van der Waals surface area contributed by atoms with Crippen LogP contribution >= 0.6 is 11.3 Å². The van der Waals surface area contributed by atoms with Gasteiger partial charge in [0.2, 0.25) is 0 Å². The predicted molar refractivity (Wildman–Crippen MR) is 58.7 cm³/mol. The van der Waals surface area contributed by atoms with E-state index in [2.05, 4.69) is 23.4 Å². The summed E-state index contributed by atoms with van der Waals surface area (Å²) in [5.74, 6) is 0. The molecular weight excluding hydrogens is 192 g/mol. The molecule has 3 rings (SSSR count). The third kappa shape index (κ3) is 1.39. The molecule has 2 fully saturated rings. The van der Waals surface area contributed by atoms with E-state index in [9.17, 15) is 0 Å². The molecule has 1 aliphatic heterocycles. The Morgan fingerprint density at radius 2 is 2.43 bits per heavy atom. The lowest BCUT2D eigenvalue weighted by Crippen LogP contribution is -2.12. The second kappa shape index (κ2) is 3.04. The predicted octanol–water partition coefficient (Wildman–Crippen LogP) is 2.62. The van der Waals surface area contributed by atoms with E-state index in [1.807, 2.05) is 11.3 Å². The fourth-order valence-corrected chi connectivity index (χ4v) is 3.29. The summed E-state index contributed by atoms with van der Waals surface area (Å²) in [6.07, 6.45) is 7.38. The van der Waals surface area contributed by atoms with Gasteiger partial charge in [-0.3, -0.25) is 0 Å². The number of hydrogen-bond acceptors (Lipinski definition) is 3. The molecule has 0 bridgehead atoms. The highest BCUT2D eigenvalue weighted by molar-refractivity contribution is 7.11. The van der Waals surface area contributed by atoms with Crippen LogP contribution in [0, 0.1) is 0 Å². The smallest absolute Gasteiger partial charge is 0.110 e. The van der Waals surface area contributed by atoms with Gasteiger partial charge in [-0.1, -0.05) is 6.92 Å². The van der Waals surface area contributed by atoms with Crippen molar-refractivity contribution in [3.05, 3.63) is 16.1 Å². The minimum Gasteiger partial charge on any atom is -0.308 e. The minimum absolute atomic E-state index is 0.495. The van der Waals surface area contributed by atoms with Crippen molar-refractivity contribution in [1.82, 2.24) is 10.3 Å². The second-order valence-corrected chi connectivity index (χ2v) is 5.83. The van der Waals surface area contributed by atoms with Gasteiger partial charge >= 0.3 is 0 Å². The van der Waals surface area contributed by atoms with Gasteiger partial charge in [-0.15, -0.1) is 11.3 Å². The number of rotatable bonds is 2. The van der Waals surface area contributed by atoms with Crippen LogP contribution in [0.1, 0.15) is 48.5 Å². The summed E-state index contributed by atoms with van der Waals surface area (Å²) >= 11 is 1.93. The molecule has 2 aliphatic rings. The zero-order chi connectivity index (χ0) is 9.60. The van der Waals surface area contributed by atoms with Gasteiger partial charge in [0, 0.05) is 16.5 Å². The maximum absolute atomic E-state index is 4.56.